The predicted octanol–water partition coefficient (Wildman–Crippen LogP) is 5.99. The fourth-order valence-corrected chi connectivity index (χ4v) is 4.84. The fraction of sp³-hybridized carbons (Fsp3) is 0.296. The Hall–Kier alpha value is -3.58. The van der Waals surface area contributed by atoms with Crippen molar-refractivity contribution < 1.29 is 9.26 Å². The summed E-state index contributed by atoms with van der Waals surface area (Å²) in [5.74, 6) is 1.68. The summed E-state index contributed by atoms with van der Waals surface area (Å²) in [4.78, 5) is 18.4. The van der Waals surface area contributed by atoms with Crippen LogP contribution in [0.15, 0.2) is 51.9 Å². The second-order valence-electron chi connectivity index (χ2n) is 9.26. The van der Waals surface area contributed by atoms with Gasteiger partial charge < -0.3 is 9.26 Å². The summed E-state index contributed by atoms with van der Waals surface area (Å²) in [6.07, 6.45) is 1.80. The second kappa shape index (κ2) is 8.89. The van der Waals surface area contributed by atoms with Gasteiger partial charge in [0.2, 0.25) is 0 Å². The Labute approximate surface area is 207 Å². The highest BCUT2D eigenvalue weighted by molar-refractivity contribution is 6.30. The minimum Gasteiger partial charge on any atom is -0.496 e. The Kier molecular flexibility index (Phi) is 5.89. The van der Waals surface area contributed by atoms with Crippen LogP contribution in [0.3, 0.4) is 0 Å². The van der Waals surface area contributed by atoms with Crippen LogP contribution in [0.25, 0.3) is 33.1 Å². The quantitative estimate of drug-likeness (QED) is 0.292. The molecule has 180 valence electrons. The summed E-state index contributed by atoms with van der Waals surface area (Å²) in [7, 11) is 1.64. The monoisotopic (exact) mass is 490 g/mol. The first kappa shape index (κ1) is 23.2. The molecule has 5 rings (SSSR count). The molecule has 3 aromatic heterocycles. The molecule has 0 radical (unpaired) electrons. The van der Waals surface area contributed by atoms with E-state index >= 15 is 0 Å². The molecule has 0 aliphatic rings. The average molecular weight is 491 g/mol. The van der Waals surface area contributed by atoms with Crippen molar-refractivity contribution in [2.24, 2.45) is 5.92 Å². The highest BCUT2D eigenvalue weighted by atomic mass is 35.5. The molecule has 7 nitrogen and oxygen atoms in total. The number of methoxy groups -OCH3 is 1. The van der Waals surface area contributed by atoms with Crippen molar-refractivity contribution >= 4 is 33.5 Å². The molecule has 3 heterocycles. The molecule has 0 N–H and O–H groups in total. The molecular formula is C27H27ClN4O3. The molecule has 0 spiro atoms. The number of aryl methyl sites for hydroxylation is 2. The molecular weight excluding hydrogens is 464 g/mol. The van der Waals surface area contributed by atoms with Gasteiger partial charge in [0.1, 0.15) is 11.5 Å². The Morgan fingerprint density at radius 2 is 1.86 bits per heavy atom. The van der Waals surface area contributed by atoms with Gasteiger partial charge in [-0.3, -0.25) is 14.1 Å². The third-order valence-electron chi connectivity index (χ3n) is 6.27. The van der Waals surface area contributed by atoms with Crippen molar-refractivity contribution in [2.75, 3.05) is 7.11 Å². The van der Waals surface area contributed by atoms with Crippen LogP contribution >= 0.6 is 11.6 Å². The van der Waals surface area contributed by atoms with Crippen LogP contribution in [0.2, 0.25) is 5.02 Å². The number of pyridine rings is 1. The molecule has 35 heavy (non-hydrogen) atoms. The maximum absolute atomic E-state index is 13.7. The molecule has 5 aromatic rings. The second-order valence-corrected chi connectivity index (χ2v) is 9.70. The molecule has 2 aromatic carbocycles. The summed E-state index contributed by atoms with van der Waals surface area (Å²) in [6.45, 7) is 9.01. The minimum atomic E-state index is -0.0632. The Morgan fingerprint density at radius 3 is 2.49 bits per heavy atom. The van der Waals surface area contributed by atoms with Crippen molar-refractivity contribution in [1.82, 2.24) is 19.3 Å². The van der Waals surface area contributed by atoms with E-state index in [2.05, 4.69) is 19.0 Å². The molecule has 0 atom stereocenters. The molecule has 0 unspecified atom stereocenters. The van der Waals surface area contributed by atoms with Crippen molar-refractivity contribution in [3.05, 3.63) is 75.1 Å². The lowest BCUT2D eigenvalue weighted by molar-refractivity contribution is 0.393. The third kappa shape index (κ3) is 4.00. The van der Waals surface area contributed by atoms with Gasteiger partial charge in [-0.15, -0.1) is 0 Å². The van der Waals surface area contributed by atoms with Gasteiger partial charge in [0.05, 0.1) is 47.7 Å². The summed E-state index contributed by atoms with van der Waals surface area (Å²) in [5.41, 5.74) is 5.86. The molecule has 0 aliphatic carbocycles. The minimum absolute atomic E-state index is 0.0632. The maximum atomic E-state index is 13.7. The lowest BCUT2D eigenvalue weighted by atomic mass is 10.0. The average Bonchev–Trinajstić information content (AvgIpc) is 3.30. The number of hydrogen-bond donors (Lipinski definition) is 0. The number of fused-ring (bicyclic) bond motifs is 3. The van der Waals surface area contributed by atoms with E-state index in [1.807, 2.05) is 59.4 Å². The van der Waals surface area contributed by atoms with Crippen LogP contribution in [-0.4, -0.2) is 26.4 Å². The van der Waals surface area contributed by atoms with E-state index in [-0.39, 0.29) is 5.69 Å². The smallest absolute Gasteiger partial charge is 0.329 e. The van der Waals surface area contributed by atoms with Crippen LogP contribution in [-0.2, 0) is 13.1 Å². The van der Waals surface area contributed by atoms with Crippen molar-refractivity contribution in [2.45, 2.75) is 40.8 Å². The maximum Gasteiger partial charge on any atom is 0.329 e. The molecule has 0 amide bonds. The van der Waals surface area contributed by atoms with Crippen molar-refractivity contribution in [3.63, 3.8) is 0 Å². The van der Waals surface area contributed by atoms with Crippen LogP contribution in [0.5, 0.6) is 5.75 Å². The predicted molar refractivity (Wildman–Crippen MR) is 138 cm³/mol. The van der Waals surface area contributed by atoms with Gasteiger partial charge >= 0.3 is 5.69 Å². The zero-order valence-electron chi connectivity index (χ0n) is 20.4. The topological polar surface area (TPSA) is 75.1 Å². The molecule has 0 bridgehead atoms. The van der Waals surface area contributed by atoms with E-state index in [4.69, 9.17) is 25.8 Å². The number of benzene rings is 2. The number of rotatable bonds is 6. The van der Waals surface area contributed by atoms with Crippen molar-refractivity contribution in [3.8, 4) is 16.9 Å². The lowest BCUT2D eigenvalue weighted by Crippen LogP contribution is -2.26. The zero-order chi connectivity index (χ0) is 24.9. The van der Waals surface area contributed by atoms with E-state index < -0.39 is 0 Å². The van der Waals surface area contributed by atoms with Crippen LogP contribution in [0.1, 0.15) is 30.9 Å². The fourth-order valence-electron chi connectivity index (χ4n) is 4.71. The Morgan fingerprint density at radius 1 is 1.11 bits per heavy atom. The number of nitrogens with zero attached hydrogens (tertiary/aromatic N) is 4. The zero-order valence-corrected chi connectivity index (χ0v) is 21.2. The molecule has 0 saturated carbocycles. The van der Waals surface area contributed by atoms with E-state index in [0.29, 0.717) is 35.5 Å². The number of hydrogen-bond acceptors (Lipinski definition) is 5. The van der Waals surface area contributed by atoms with Gasteiger partial charge in [0.15, 0.2) is 0 Å². The molecule has 0 aliphatic heterocycles. The molecule has 0 saturated heterocycles. The normalized spacial score (nSPS) is 11.7. The summed E-state index contributed by atoms with van der Waals surface area (Å²) in [6, 6.07) is 11.5. The Balaban J connectivity index is 1.81. The van der Waals surface area contributed by atoms with Crippen LogP contribution < -0.4 is 10.4 Å². The SMILES string of the molecule is COc1cc2c(cc1-c1c(C)noc1C)ncc1c2n(Cc2ccc(Cl)cc2)c(=O)n1CC(C)C. The van der Waals surface area contributed by atoms with Crippen LogP contribution in [0.4, 0.5) is 0 Å². The first-order valence-electron chi connectivity index (χ1n) is 11.6. The standard InChI is InChI=1S/C27H27ClN4O3/c1-15(2)13-31-23-12-29-22-10-21(25-16(3)30-35-17(25)4)24(34-5)11-20(22)26(23)32(27(31)33)14-18-6-8-19(28)9-7-18/h6-12,15H,13-14H2,1-5H3. The summed E-state index contributed by atoms with van der Waals surface area (Å²) in [5, 5.41) is 5.61. The van der Waals surface area contributed by atoms with Gasteiger partial charge in [-0.2, -0.15) is 0 Å². The molecule has 0 fully saturated rings. The van der Waals surface area contributed by atoms with Crippen molar-refractivity contribution in [1.29, 1.82) is 0 Å². The number of aromatic nitrogens is 4. The first-order chi connectivity index (χ1) is 16.8. The Bertz CT molecular complexity index is 1590. The third-order valence-corrected chi connectivity index (χ3v) is 6.52. The molecule has 8 heteroatoms. The van der Waals surface area contributed by atoms with Gasteiger partial charge in [0, 0.05) is 22.5 Å². The van der Waals surface area contributed by atoms with E-state index in [1.54, 1.807) is 13.3 Å². The van der Waals surface area contributed by atoms with Crippen LogP contribution in [0, 0.1) is 19.8 Å². The van der Waals surface area contributed by atoms with E-state index in [1.165, 1.54) is 0 Å². The van der Waals surface area contributed by atoms with E-state index in [0.717, 1.165) is 44.3 Å². The number of ether oxygens (including phenoxy) is 1. The largest absolute Gasteiger partial charge is 0.496 e. The lowest BCUT2D eigenvalue weighted by Gasteiger charge is -2.12. The van der Waals surface area contributed by atoms with Gasteiger partial charge in [-0.25, -0.2) is 4.79 Å². The van der Waals surface area contributed by atoms with Gasteiger partial charge in [-0.1, -0.05) is 42.7 Å². The number of imidazole rings is 1. The van der Waals surface area contributed by atoms with Gasteiger partial charge in [0.25, 0.3) is 0 Å². The first-order valence-corrected chi connectivity index (χ1v) is 11.9. The van der Waals surface area contributed by atoms with E-state index in [9.17, 15) is 4.79 Å². The highest BCUT2D eigenvalue weighted by Gasteiger charge is 2.22. The summed E-state index contributed by atoms with van der Waals surface area (Å²) >= 11 is 6.09. The summed E-state index contributed by atoms with van der Waals surface area (Å²) < 4.78 is 14.8. The highest BCUT2D eigenvalue weighted by Crippen LogP contribution is 2.39. The van der Waals surface area contributed by atoms with Gasteiger partial charge in [-0.05, 0) is 49.6 Å². The number of halogens is 1.